The SMILES string of the molecule is COc1cc(CCNC(=O)C2CCCC(N)C2)ccc1C.Cl. The summed E-state index contributed by atoms with van der Waals surface area (Å²) in [5, 5.41) is 3.04. The van der Waals surface area contributed by atoms with Crippen molar-refractivity contribution in [1.29, 1.82) is 0 Å². The molecule has 124 valence electrons. The van der Waals surface area contributed by atoms with Gasteiger partial charge in [0.05, 0.1) is 7.11 Å². The summed E-state index contributed by atoms with van der Waals surface area (Å²) in [4.78, 5) is 12.1. The van der Waals surface area contributed by atoms with Gasteiger partial charge in [-0.25, -0.2) is 0 Å². The van der Waals surface area contributed by atoms with Gasteiger partial charge in [0.15, 0.2) is 0 Å². The first-order valence-corrected chi connectivity index (χ1v) is 7.77. The molecule has 22 heavy (non-hydrogen) atoms. The van der Waals surface area contributed by atoms with Gasteiger partial charge in [0.2, 0.25) is 5.91 Å². The lowest BCUT2D eigenvalue weighted by molar-refractivity contribution is -0.126. The van der Waals surface area contributed by atoms with Crippen LogP contribution in [-0.2, 0) is 11.2 Å². The Labute approximate surface area is 139 Å². The van der Waals surface area contributed by atoms with Crippen molar-refractivity contribution in [2.45, 2.75) is 45.1 Å². The molecule has 0 aliphatic heterocycles. The summed E-state index contributed by atoms with van der Waals surface area (Å²) < 4.78 is 5.32. The van der Waals surface area contributed by atoms with Crippen LogP contribution in [-0.4, -0.2) is 25.6 Å². The maximum Gasteiger partial charge on any atom is 0.223 e. The summed E-state index contributed by atoms with van der Waals surface area (Å²) in [5.74, 6) is 1.16. The molecule has 5 heteroatoms. The van der Waals surface area contributed by atoms with E-state index < -0.39 is 0 Å². The third-order valence-corrected chi connectivity index (χ3v) is 4.27. The predicted octanol–water partition coefficient (Wildman–Crippen LogP) is 2.60. The van der Waals surface area contributed by atoms with Crippen LogP contribution in [0.4, 0.5) is 0 Å². The molecule has 2 rings (SSSR count). The third-order valence-electron chi connectivity index (χ3n) is 4.27. The highest BCUT2D eigenvalue weighted by molar-refractivity contribution is 5.85. The lowest BCUT2D eigenvalue weighted by atomic mass is 9.85. The van der Waals surface area contributed by atoms with Gasteiger partial charge < -0.3 is 15.8 Å². The minimum absolute atomic E-state index is 0. The topological polar surface area (TPSA) is 64.3 Å². The van der Waals surface area contributed by atoms with E-state index in [0.29, 0.717) is 6.54 Å². The van der Waals surface area contributed by atoms with E-state index in [1.807, 2.05) is 13.0 Å². The molecule has 1 saturated carbocycles. The van der Waals surface area contributed by atoms with E-state index in [2.05, 4.69) is 17.4 Å². The van der Waals surface area contributed by atoms with Crippen molar-refractivity contribution in [2.75, 3.05) is 13.7 Å². The molecule has 2 unspecified atom stereocenters. The van der Waals surface area contributed by atoms with E-state index in [-0.39, 0.29) is 30.3 Å². The van der Waals surface area contributed by atoms with Crippen LogP contribution in [0.25, 0.3) is 0 Å². The van der Waals surface area contributed by atoms with Crippen LogP contribution in [0.5, 0.6) is 5.75 Å². The number of rotatable bonds is 5. The average Bonchev–Trinajstić information content (AvgIpc) is 2.48. The number of nitrogens with two attached hydrogens (primary N) is 1. The van der Waals surface area contributed by atoms with Crippen LogP contribution < -0.4 is 15.8 Å². The third kappa shape index (κ3) is 5.18. The molecule has 0 aromatic heterocycles. The molecule has 0 heterocycles. The summed E-state index contributed by atoms with van der Waals surface area (Å²) in [6, 6.07) is 6.37. The second-order valence-corrected chi connectivity index (χ2v) is 5.97. The van der Waals surface area contributed by atoms with Crippen molar-refractivity contribution in [3.63, 3.8) is 0 Å². The first kappa shape index (κ1) is 18.8. The van der Waals surface area contributed by atoms with Crippen LogP contribution in [0, 0.1) is 12.8 Å². The van der Waals surface area contributed by atoms with E-state index in [1.165, 1.54) is 5.56 Å². The van der Waals surface area contributed by atoms with Crippen LogP contribution in [0.15, 0.2) is 18.2 Å². The number of ether oxygens (including phenoxy) is 1. The zero-order valence-corrected chi connectivity index (χ0v) is 14.2. The number of halogens is 1. The molecule has 1 aromatic carbocycles. The van der Waals surface area contributed by atoms with Gasteiger partial charge in [0, 0.05) is 18.5 Å². The number of hydrogen-bond acceptors (Lipinski definition) is 3. The van der Waals surface area contributed by atoms with Gasteiger partial charge >= 0.3 is 0 Å². The average molecular weight is 327 g/mol. The molecular formula is C17H27ClN2O2. The van der Waals surface area contributed by atoms with Crippen LogP contribution in [0.2, 0.25) is 0 Å². The summed E-state index contributed by atoms with van der Waals surface area (Å²) in [6.07, 6.45) is 4.73. The van der Waals surface area contributed by atoms with Crippen molar-refractivity contribution in [3.8, 4) is 5.75 Å². The van der Waals surface area contributed by atoms with E-state index in [9.17, 15) is 4.79 Å². The molecule has 4 nitrogen and oxygen atoms in total. The fourth-order valence-corrected chi connectivity index (χ4v) is 2.96. The van der Waals surface area contributed by atoms with E-state index >= 15 is 0 Å². The Hall–Kier alpha value is -1.26. The monoisotopic (exact) mass is 326 g/mol. The Bertz CT molecular complexity index is 494. The smallest absolute Gasteiger partial charge is 0.223 e. The molecule has 1 fully saturated rings. The molecule has 1 aliphatic rings. The first-order chi connectivity index (χ1) is 10.1. The Morgan fingerprint density at radius 1 is 1.41 bits per heavy atom. The van der Waals surface area contributed by atoms with Gasteiger partial charge in [-0.2, -0.15) is 0 Å². The zero-order chi connectivity index (χ0) is 15.2. The molecule has 1 aromatic rings. The lowest BCUT2D eigenvalue weighted by Crippen LogP contribution is -2.38. The van der Waals surface area contributed by atoms with Gasteiger partial charge in [-0.1, -0.05) is 18.6 Å². The Kier molecular flexibility index (Phi) is 7.69. The van der Waals surface area contributed by atoms with Crippen molar-refractivity contribution in [3.05, 3.63) is 29.3 Å². The van der Waals surface area contributed by atoms with Crippen LogP contribution >= 0.6 is 12.4 Å². The number of benzene rings is 1. The van der Waals surface area contributed by atoms with Gasteiger partial charge in [0.25, 0.3) is 0 Å². The first-order valence-electron chi connectivity index (χ1n) is 7.77. The number of aryl methyl sites for hydroxylation is 1. The van der Waals surface area contributed by atoms with Gasteiger partial charge in [-0.05, 0) is 49.8 Å². The minimum atomic E-state index is 0. The highest BCUT2D eigenvalue weighted by atomic mass is 35.5. The quantitative estimate of drug-likeness (QED) is 0.874. The maximum atomic E-state index is 12.1. The largest absolute Gasteiger partial charge is 0.496 e. The normalized spacial score (nSPS) is 20.9. The zero-order valence-electron chi connectivity index (χ0n) is 13.4. The van der Waals surface area contributed by atoms with Crippen molar-refractivity contribution in [1.82, 2.24) is 5.32 Å². The number of amides is 1. The lowest BCUT2D eigenvalue weighted by Gasteiger charge is -2.25. The summed E-state index contributed by atoms with van der Waals surface area (Å²) in [5.41, 5.74) is 8.24. The van der Waals surface area contributed by atoms with Crippen LogP contribution in [0.1, 0.15) is 36.8 Å². The highest BCUT2D eigenvalue weighted by Crippen LogP contribution is 2.23. The van der Waals surface area contributed by atoms with Crippen molar-refractivity contribution >= 4 is 18.3 Å². The second-order valence-electron chi connectivity index (χ2n) is 5.97. The molecule has 0 spiro atoms. The fraction of sp³-hybridized carbons (Fsp3) is 0.588. The molecular weight excluding hydrogens is 300 g/mol. The molecule has 0 saturated heterocycles. The molecule has 3 N–H and O–H groups in total. The standard InChI is InChI=1S/C17H26N2O2.ClH/c1-12-6-7-13(10-16(12)21-2)8-9-19-17(20)14-4-3-5-15(18)11-14;/h6-7,10,14-15H,3-5,8-9,11,18H2,1-2H3,(H,19,20);1H. The maximum absolute atomic E-state index is 12.1. The Morgan fingerprint density at radius 3 is 2.86 bits per heavy atom. The Morgan fingerprint density at radius 2 is 2.18 bits per heavy atom. The molecule has 0 radical (unpaired) electrons. The highest BCUT2D eigenvalue weighted by Gasteiger charge is 2.24. The van der Waals surface area contributed by atoms with E-state index in [0.717, 1.165) is 43.4 Å². The van der Waals surface area contributed by atoms with Gasteiger partial charge in [-0.15, -0.1) is 12.4 Å². The summed E-state index contributed by atoms with van der Waals surface area (Å²) in [7, 11) is 1.68. The molecule has 2 atom stereocenters. The molecule has 0 bridgehead atoms. The molecule has 1 aliphatic carbocycles. The molecule has 1 amide bonds. The number of methoxy groups -OCH3 is 1. The van der Waals surface area contributed by atoms with Crippen LogP contribution in [0.3, 0.4) is 0 Å². The predicted molar refractivity (Wildman–Crippen MR) is 91.6 cm³/mol. The number of carbonyl (C=O) groups is 1. The van der Waals surface area contributed by atoms with Crippen molar-refractivity contribution in [2.24, 2.45) is 11.7 Å². The van der Waals surface area contributed by atoms with Gasteiger partial charge in [-0.3, -0.25) is 4.79 Å². The second kappa shape index (κ2) is 9.01. The fourth-order valence-electron chi connectivity index (χ4n) is 2.96. The van der Waals surface area contributed by atoms with Crippen molar-refractivity contribution < 1.29 is 9.53 Å². The Balaban J connectivity index is 0.00000242. The number of nitrogens with one attached hydrogen (secondary N) is 1. The summed E-state index contributed by atoms with van der Waals surface area (Å²) >= 11 is 0. The number of carbonyl (C=O) groups excluding carboxylic acids is 1. The van der Waals surface area contributed by atoms with E-state index in [1.54, 1.807) is 7.11 Å². The van der Waals surface area contributed by atoms with E-state index in [4.69, 9.17) is 10.5 Å². The summed E-state index contributed by atoms with van der Waals surface area (Å²) in [6.45, 7) is 2.69. The number of hydrogen-bond donors (Lipinski definition) is 2. The van der Waals surface area contributed by atoms with Gasteiger partial charge in [0.1, 0.15) is 5.75 Å². The minimum Gasteiger partial charge on any atom is -0.496 e.